The monoisotopic (exact) mass is 2060 g/mol. The van der Waals surface area contributed by atoms with E-state index < -0.39 is 40.0 Å². The molecule has 8 fully saturated rings. The lowest BCUT2D eigenvalue weighted by atomic mass is 9.66. The van der Waals surface area contributed by atoms with Crippen LogP contribution in [0.5, 0.6) is 0 Å². The Labute approximate surface area is 868 Å². The maximum atomic E-state index is 15.1. The zero-order valence-electron chi connectivity index (χ0n) is 89.1. The number of likely N-dealkylation sites (N-methyl/N-ethyl adjacent to an activating group) is 3. The van der Waals surface area contributed by atoms with Crippen LogP contribution >= 0.6 is 22.9 Å². The Morgan fingerprint density at radius 3 is 1.36 bits per heavy atom. The van der Waals surface area contributed by atoms with Gasteiger partial charge in [-0.25, -0.2) is 36.7 Å². The number of nitrogens with zero attached hydrogens (tertiary/aromatic N) is 5. The van der Waals surface area contributed by atoms with Crippen LogP contribution in [0.4, 0.5) is 36.7 Å². The molecule has 8 aliphatic rings. The normalized spacial score (nSPS) is 22.2. The van der Waals surface area contributed by atoms with Crippen LogP contribution in [-0.4, -0.2) is 267 Å². The van der Waals surface area contributed by atoms with Crippen LogP contribution in [0.15, 0.2) is 66.0 Å². The third-order valence-corrected chi connectivity index (χ3v) is 33.9. The Kier molecular flexibility index (Phi) is 52.6. The highest BCUT2D eigenvalue weighted by atomic mass is 35.5. The van der Waals surface area contributed by atoms with Gasteiger partial charge >= 0.3 is 24.1 Å². The fourth-order valence-electron chi connectivity index (χ4n) is 24.6. The molecule has 4 saturated carbocycles. The Bertz CT molecular complexity index is 4410. The Hall–Kier alpha value is -6.32. The summed E-state index contributed by atoms with van der Waals surface area (Å²) in [5.74, 6) is -2.27. The number of amides is 8. The number of hydrogen-bond donors (Lipinski definition) is 12. The number of methoxy groups -OCH3 is 5. The number of thiophene rings is 1. The van der Waals surface area contributed by atoms with Crippen molar-refractivity contribution in [1.29, 1.82) is 5.26 Å². The third kappa shape index (κ3) is 37.4. The van der Waals surface area contributed by atoms with Crippen molar-refractivity contribution in [3.63, 3.8) is 0 Å². The van der Waals surface area contributed by atoms with Gasteiger partial charge in [0, 0.05) is 217 Å². The number of carbonyl (C=O) groups excluding carboxylic acids is 4. The fraction of sp³-hybridized carbons (Fsp3) is 0.777. The van der Waals surface area contributed by atoms with Gasteiger partial charge in [0.05, 0.1) is 44.7 Å². The summed E-state index contributed by atoms with van der Waals surface area (Å²) in [4.78, 5) is 60.4. The number of halogens is 5. The minimum absolute atomic E-state index is 0.00606. The lowest BCUT2D eigenvalue weighted by Crippen LogP contribution is -2.56. The van der Waals surface area contributed by atoms with E-state index in [4.69, 9.17) is 41.0 Å². The number of nitrogens with two attached hydrogens (primary N) is 1. The van der Waals surface area contributed by atoms with Crippen LogP contribution in [0.25, 0.3) is 10.1 Å². The predicted molar refractivity (Wildman–Crippen MR) is 567 cm³/mol. The summed E-state index contributed by atoms with van der Waals surface area (Å²) in [6.07, 6.45) is 38.1. The van der Waals surface area contributed by atoms with Crippen molar-refractivity contribution in [1.82, 2.24) is 56.8 Å². The minimum atomic E-state index is -2.53. The summed E-state index contributed by atoms with van der Waals surface area (Å²) in [5, 5.41) is 83.6. The molecule has 26 nitrogen and oxygen atoms in total. The first kappa shape index (κ1) is 121. The number of benzene rings is 3. The van der Waals surface area contributed by atoms with Gasteiger partial charge in [0.1, 0.15) is 11.6 Å². The Morgan fingerprint density at radius 1 is 0.486 bits per heavy atom. The second-order valence-corrected chi connectivity index (χ2v) is 45.2. The van der Waals surface area contributed by atoms with Gasteiger partial charge in [-0.15, -0.1) is 11.3 Å². The molecule has 4 aliphatic heterocycles. The number of nitriles is 1. The molecule has 8 amide bonds. The van der Waals surface area contributed by atoms with Gasteiger partial charge < -0.3 is 107 Å². The SMILES string of the molecule is CNC[C@H](CC(C)(C)OC)NC(=O)N1CCC[C@@H]([C@@](O)(CCCCOC)c2cccc(Cl)c2F)C1.CNC[C@H](CC1CCC(F)(F)CC1)NC(=O)N1CCC[C@@H]([C@@](O)(CCCCOC)C2CCCCC2)C1.CNC[C@H](CC1CCCCC1)NC(=O)N1CCC[C@@H]([C@@](O)(CCCCOC)c2cc(F)ccc2C#N)C1.COCCCC[C@@](O)(c1cccc2sccc12)[C@@H]1CCCN(C(=O)NC[C@@H](N)CC2CCCCC2)C1. The van der Waals surface area contributed by atoms with E-state index in [1.807, 2.05) is 44.8 Å². The van der Waals surface area contributed by atoms with Crippen molar-refractivity contribution < 1.29 is 80.9 Å². The average Bonchev–Trinajstić information content (AvgIpc) is 1.64. The number of ether oxygens (including phenoxy) is 5. The summed E-state index contributed by atoms with van der Waals surface area (Å²) in [7, 11) is 14.0. The molecule has 1 aromatic heterocycles. The molecular weight excluding hydrogens is 1880 g/mol. The number of unbranched alkanes of at least 4 members (excludes halogenated alkanes) is 4. The van der Waals surface area contributed by atoms with Gasteiger partial charge in [0.25, 0.3) is 0 Å². The van der Waals surface area contributed by atoms with Gasteiger partial charge in [0.2, 0.25) is 5.92 Å². The first-order chi connectivity index (χ1) is 69.3. The fourth-order valence-corrected chi connectivity index (χ4v) is 25.6. The van der Waals surface area contributed by atoms with Crippen molar-refractivity contribution in [3.8, 4) is 6.07 Å². The number of nitrogens with one attached hydrogen (secondary N) is 7. The number of hydrogen-bond acceptors (Lipinski definition) is 19. The minimum Gasteiger partial charge on any atom is -0.389 e. The quantitative estimate of drug-likeness (QED) is 0.0144. The largest absolute Gasteiger partial charge is 0.389 e. The van der Waals surface area contributed by atoms with Gasteiger partial charge in [-0.3, -0.25) is 0 Å². The second-order valence-electron chi connectivity index (χ2n) is 43.8. The summed E-state index contributed by atoms with van der Waals surface area (Å²) < 4.78 is 84.1. The van der Waals surface area contributed by atoms with Crippen LogP contribution in [-0.2, 0) is 40.5 Å². The van der Waals surface area contributed by atoms with E-state index >= 15 is 4.39 Å². The molecule has 13 N–H and O–H groups in total. The lowest BCUT2D eigenvalue weighted by Gasteiger charge is -2.48. The van der Waals surface area contributed by atoms with E-state index in [-0.39, 0.29) is 112 Å². The van der Waals surface area contributed by atoms with Crippen molar-refractivity contribution in [2.24, 2.45) is 53.1 Å². The zero-order chi connectivity index (χ0) is 104. The maximum absolute atomic E-state index is 15.1. The topological polar surface area (TPSA) is 342 Å². The molecule has 0 spiro atoms. The first-order valence-electron chi connectivity index (χ1n) is 55.0. The molecule has 0 unspecified atom stereocenters. The second kappa shape index (κ2) is 62.5. The van der Waals surface area contributed by atoms with Crippen LogP contribution < -0.4 is 43.0 Å². The molecule has 0 bridgehead atoms. The zero-order valence-corrected chi connectivity index (χ0v) is 90.6. The van der Waals surface area contributed by atoms with Gasteiger partial charge in [-0.1, -0.05) is 119 Å². The van der Waals surface area contributed by atoms with E-state index in [0.29, 0.717) is 179 Å². The van der Waals surface area contributed by atoms with Crippen LogP contribution in [0.3, 0.4) is 0 Å². The first-order valence-corrected chi connectivity index (χ1v) is 56.3. The van der Waals surface area contributed by atoms with E-state index in [9.17, 15) is 58.0 Å². The van der Waals surface area contributed by atoms with E-state index in [2.05, 4.69) is 72.9 Å². The highest BCUT2D eigenvalue weighted by Gasteiger charge is 2.50. The summed E-state index contributed by atoms with van der Waals surface area (Å²) in [6, 6.07) is 18.7. The summed E-state index contributed by atoms with van der Waals surface area (Å²) in [5.41, 5.74) is 3.25. The van der Waals surface area contributed by atoms with Crippen LogP contribution in [0.2, 0.25) is 5.02 Å². The smallest absolute Gasteiger partial charge is 0.317 e. The molecule has 144 heavy (non-hydrogen) atoms. The molecule has 32 heteroatoms. The van der Waals surface area contributed by atoms with Crippen molar-refractivity contribution in [3.05, 3.63) is 105 Å². The predicted octanol–water partition coefficient (Wildman–Crippen LogP) is 20.0. The highest BCUT2D eigenvalue weighted by molar-refractivity contribution is 7.17. The standard InChI is InChI=1S/C29H45FN4O3.C29H45N3O3S.C28H51F2N3O3.C26H43ClFN3O4/c1-32-20-26(17-22-9-4-3-5-10-22)33-28(35)34-15-8-11-24(21-34)29(36,14-6-7-16-37-2)27-18-25(30)13-12-23(27)19-31;1-35-17-6-5-15-29(34,26-12-7-13-27-25(26)14-18-36-27)23-11-8-16-32(21-23)28(33)31-20-24(30)19-22-9-3-2-4-10-22;1-31-20-25(19-22-12-15-27(29,30)16-13-22)32-26(34)33-17-8-11-24(21-33)28(35,14-6-7-18-36-2)23-9-4-3-5-10-23;1-25(2,35-5)16-20(17-29-3)30-24(32)31-14-9-10-19(18-31)26(33,13-6-7-15-34-4)21-11-8-12-22(27)23(21)28/h12-13,18,22,24,26,32,36H,3-11,14-17,20-21H2,1-2H3,(H,33,35);7,12-14,18,22-24,34H,2-6,8-11,15-17,19-21,30H2,1H3,(H,31,33);22-25,31,35H,3-21H2,1-2H3,(H,32,34);8,11-12,19-20,29,33H,6-7,9-10,13-18H2,1-5H3,(H,30,32)/t24-,26+,29+;23-,24+,29+;24-,25+,28-;19-,20+,26+/m1111/s1. The number of fused-ring (bicyclic) bond motifs is 1. The highest BCUT2D eigenvalue weighted by Crippen LogP contribution is 2.49. The van der Waals surface area contributed by atoms with E-state index in [1.165, 1.54) is 112 Å². The van der Waals surface area contributed by atoms with Crippen molar-refractivity contribution in [2.75, 3.05) is 162 Å². The number of likely N-dealkylation sites (tertiary alicyclic amines) is 4. The number of urea groups is 4. The number of piperidine rings is 4. The number of alkyl halides is 2. The number of carbonyl (C=O) groups is 4. The average molecular weight is 2060 g/mol. The molecule has 3 aromatic carbocycles. The van der Waals surface area contributed by atoms with Crippen LogP contribution in [0.1, 0.15) is 312 Å². The molecule has 4 saturated heterocycles. The molecular formula is C112H184ClF4N13O13S. The van der Waals surface area contributed by atoms with Crippen LogP contribution in [0, 0.1) is 70.3 Å². The molecule has 816 valence electrons. The summed E-state index contributed by atoms with van der Waals surface area (Å²) >= 11 is 7.78. The van der Waals surface area contributed by atoms with Gasteiger partial charge in [-0.05, 0) is 291 Å². The Morgan fingerprint density at radius 2 is 0.889 bits per heavy atom. The molecule has 5 heterocycles. The maximum Gasteiger partial charge on any atom is 0.317 e. The summed E-state index contributed by atoms with van der Waals surface area (Å²) in [6.45, 7) is 13.5. The van der Waals surface area contributed by atoms with E-state index in [0.717, 1.165) is 140 Å². The molecule has 0 radical (unpaired) electrons. The lowest BCUT2D eigenvalue weighted by molar-refractivity contribution is -0.104. The van der Waals surface area contributed by atoms with E-state index in [1.54, 1.807) is 68.8 Å². The molecule has 4 aliphatic carbocycles. The van der Waals surface area contributed by atoms with Crippen molar-refractivity contribution >= 4 is 57.1 Å². The molecule has 4 aromatic rings. The van der Waals surface area contributed by atoms with Crippen molar-refractivity contribution in [2.45, 2.75) is 348 Å². The number of aliphatic hydroxyl groups is 4. The molecule has 12 atom stereocenters. The number of rotatable bonds is 48. The van der Waals surface area contributed by atoms with Gasteiger partial charge in [-0.2, -0.15) is 5.26 Å². The Balaban J connectivity index is 0.000000214. The van der Waals surface area contributed by atoms with Gasteiger partial charge in [0.15, 0.2) is 0 Å². The third-order valence-electron chi connectivity index (χ3n) is 32.8. The molecule has 12 rings (SSSR count).